The summed E-state index contributed by atoms with van der Waals surface area (Å²) in [7, 11) is 0. The molecule has 0 aliphatic carbocycles. The highest BCUT2D eigenvalue weighted by Crippen LogP contribution is 2.15. The van der Waals surface area contributed by atoms with Crippen molar-refractivity contribution in [2.45, 2.75) is 39.2 Å². The van der Waals surface area contributed by atoms with Crippen molar-refractivity contribution in [2.24, 2.45) is 5.92 Å². The summed E-state index contributed by atoms with van der Waals surface area (Å²) in [6.45, 7) is 3.99. The van der Waals surface area contributed by atoms with Gasteiger partial charge in [-0.3, -0.25) is 4.79 Å². The summed E-state index contributed by atoms with van der Waals surface area (Å²) in [5.41, 5.74) is 1.16. The second kappa shape index (κ2) is 7.52. The molecule has 6 heteroatoms. The maximum absolute atomic E-state index is 12.3. The lowest BCUT2D eigenvalue weighted by atomic mass is 9.99. The third-order valence-corrected chi connectivity index (χ3v) is 3.40. The molecule has 1 aromatic carbocycles. The summed E-state index contributed by atoms with van der Waals surface area (Å²) in [5, 5.41) is 16.9. The number of aromatic nitrogens is 4. The van der Waals surface area contributed by atoms with Gasteiger partial charge in [-0.1, -0.05) is 55.8 Å². The van der Waals surface area contributed by atoms with Crippen molar-refractivity contribution in [1.29, 1.82) is 0 Å². The van der Waals surface area contributed by atoms with Crippen molar-refractivity contribution >= 4 is 5.91 Å². The summed E-state index contributed by atoms with van der Waals surface area (Å²) in [6, 6.07) is 9.83. The molecule has 0 bridgehead atoms. The van der Waals surface area contributed by atoms with Crippen LogP contribution in [0.4, 0.5) is 0 Å². The van der Waals surface area contributed by atoms with Gasteiger partial charge in [0.25, 0.3) is 0 Å². The van der Waals surface area contributed by atoms with Gasteiger partial charge >= 0.3 is 0 Å². The molecule has 0 unspecified atom stereocenters. The molecule has 0 fully saturated rings. The van der Waals surface area contributed by atoms with Crippen LogP contribution in [0.15, 0.2) is 30.3 Å². The van der Waals surface area contributed by atoms with E-state index < -0.39 is 0 Å². The Morgan fingerprint density at radius 3 is 2.71 bits per heavy atom. The molecule has 1 amide bonds. The molecule has 112 valence electrons. The summed E-state index contributed by atoms with van der Waals surface area (Å²) in [5.74, 6) is 0.456. The molecule has 2 aromatic rings. The Bertz CT molecular complexity index is 540. The van der Waals surface area contributed by atoms with E-state index in [0.717, 1.165) is 24.8 Å². The van der Waals surface area contributed by atoms with Gasteiger partial charge in [0.05, 0.1) is 6.04 Å². The van der Waals surface area contributed by atoms with Crippen LogP contribution in [0.1, 0.15) is 44.1 Å². The van der Waals surface area contributed by atoms with E-state index >= 15 is 0 Å². The smallest absolute Gasteiger partial charge is 0.223 e. The topological polar surface area (TPSA) is 83.6 Å². The molecule has 2 N–H and O–H groups in total. The van der Waals surface area contributed by atoms with Crippen LogP contribution < -0.4 is 5.32 Å². The van der Waals surface area contributed by atoms with E-state index in [1.54, 1.807) is 0 Å². The second-order valence-corrected chi connectivity index (χ2v) is 5.21. The molecule has 1 aromatic heterocycles. The molecule has 0 saturated heterocycles. The minimum atomic E-state index is -0.181. The number of nitrogens with zero attached hydrogens (tertiary/aromatic N) is 3. The van der Waals surface area contributed by atoms with Gasteiger partial charge in [-0.2, -0.15) is 5.21 Å². The first-order valence-corrected chi connectivity index (χ1v) is 7.28. The lowest BCUT2D eigenvalue weighted by Gasteiger charge is -2.18. The van der Waals surface area contributed by atoms with Gasteiger partial charge in [0.2, 0.25) is 5.91 Å². The van der Waals surface area contributed by atoms with Crippen LogP contribution in [0.2, 0.25) is 0 Å². The lowest BCUT2D eigenvalue weighted by molar-refractivity contribution is -0.125. The fourth-order valence-electron chi connectivity index (χ4n) is 2.25. The van der Waals surface area contributed by atoms with Crippen LogP contribution >= 0.6 is 0 Å². The number of H-pyrrole nitrogens is 1. The minimum Gasteiger partial charge on any atom is -0.346 e. The molecule has 0 aliphatic rings. The molecule has 2 atom stereocenters. The van der Waals surface area contributed by atoms with E-state index in [0.29, 0.717) is 5.82 Å². The van der Waals surface area contributed by atoms with Gasteiger partial charge in [0, 0.05) is 5.92 Å². The number of aromatic amines is 1. The molecule has 21 heavy (non-hydrogen) atoms. The number of benzene rings is 1. The van der Waals surface area contributed by atoms with Gasteiger partial charge in [-0.25, -0.2) is 0 Å². The van der Waals surface area contributed by atoms with Gasteiger partial charge < -0.3 is 5.32 Å². The van der Waals surface area contributed by atoms with E-state index in [9.17, 15) is 4.79 Å². The largest absolute Gasteiger partial charge is 0.346 e. The van der Waals surface area contributed by atoms with Crippen molar-refractivity contribution < 1.29 is 4.79 Å². The first kappa shape index (κ1) is 15.2. The van der Waals surface area contributed by atoms with Crippen LogP contribution in [-0.2, 0) is 11.2 Å². The van der Waals surface area contributed by atoms with E-state index in [4.69, 9.17) is 0 Å². The van der Waals surface area contributed by atoms with Crippen molar-refractivity contribution in [3.8, 4) is 0 Å². The van der Waals surface area contributed by atoms with E-state index in [1.807, 2.05) is 37.3 Å². The number of carbonyl (C=O) groups is 1. The van der Waals surface area contributed by atoms with Gasteiger partial charge in [0.15, 0.2) is 5.82 Å². The van der Waals surface area contributed by atoms with Crippen molar-refractivity contribution in [1.82, 2.24) is 25.9 Å². The SMILES string of the molecule is CCC[C@@H](NC(=O)[C@H](C)Cc1ccccc1)c1nn[nH]n1. The number of amides is 1. The zero-order valence-electron chi connectivity index (χ0n) is 12.4. The fraction of sp³-hybridized carbons (Fsp3) is 0.467. The van der Waals surface area contributed by atoms with Gasteiger partial charge in [-0.05, 0) is 18.4 Å². The molecular weight excluding hydrogens is 266 g/mol. The van der Waals surface area contributed by atoms with Crippen LogP contribution in [0.5, 0.6) is 0 Å². The fourth-order valence-corrected chi connectivity index (χ4v) is 2.25. The molecule has 6 nitrogen and oxygen atoms in total. The maximum Gasteiger partial charge on any atom is 0.223 e. The van der Waals surface area contributed by atoms with Crippen molar-refractivity contribution in [3.63, 3.8) is 0 Å². The number of rotatable bonds is 7. The lowest BCUT2D eigenvalue weighted by Crippen LogP contribution is -2.34. The predicted octanol–water partition coefficient (Wildman–Crippen LogP) is 2.04. The third-order valence-electron chi connectivity index (χ3n) is 3.40. The monoisotopic (exact) mass is 287 g/mol. The molecular formula is C15H21N5O. The molecule has 0 saturated carbocycles. The van der Waals surface area contributed by atoms with Crippen molar-refractivity contribution in [2.75, 3.05) is 0 Å². The quantitative estimate of drug-likeness (QED) is 0.816. The predicted molar refractivity (Wildman–Crippen MR) is 79.3 cm³/mol. The van der Waals surface area contributed by atoms with Crippen LogP contribution in [0.3, 0.4) is 0 Å². The summed E-state index contributed by atoms with van der Waals surface area (Å²) in [6.07, 6.45) is 2.45. The first-order valence-electron chi connectivity index (χ1n) is 7.28. The van der Waals surface area contributed by atoms with Gasteiger partial charge in [0.1, 0.15) is 0 Å². The Balaban J connectivity index is 1.95. The standard InChI is InChI=1S/C15H21N5O/c1-3-7-13(14-17-19-20-18-14)16-15(21)11(2)10-12-8-5-4-6-9-12/h4-6,8-9,11,13H,3,7,10H2,1-2H3,(H,16,21)(H,17,18,19,20)/t11-,13-/m1/s1. The average Bonchev–Trinajstić information content (AvgIpc) is 3.02. The van der Waals surface area contributed by atoms with Crippen LogP contribution in [0, 0.1) is 5.92 Å². The number of nitrogens with one attached hydrogen (secondary N) is 2. The number of hydrogen-bond acceptors (Lipinski definition) is 4. The highest BCUT2D eigenvalue weighted by Gasteiger charge is 2.21. The highest BCUT2D eigenvalue weighted by atomic mass is 16.1. The minimum absolute atomic E-state index is 0.0158. The van der Waals surface area contributed by atoms with E-state index in [1.165, 1.54) is 0 Å². The Morgan fingerprint density at radius 1 is 1.33 bits per heavy atom. The molecule has 0 spiro atoms. The van der Waals surface area contributed by atoms with Gasteiger partial charge in [-0.15, -0.1) is 10.2 Å². The second-order valence-electron chi connectivity index (χ2n) is 5.21. The molecule has 0 aliphatic heterocycles. The Kier molecular flexibility index (Phi) is 5.43. The average molecular weight is 287 g/mol. The summed E-state index contributed by atoms with van der Waals surface area (Å²) in [4.78, 5) is 12.3. The summed E-state index contributed by atoms with van der Waals surface area (Å²) < 4.78 is 0. The normalized spacial score (nSPS) is 13.6. The zero-order chi connectivity index (χ0) is 15.1. The highest BCUT2D eigenvalue weighted by molar-refractivity contribution is 5.78. The number of carbonyl (C=O) groups excluding carboxylic acids is 1. The van der Waals surface area contributed by atoms with Crippen molar-refractivity contribution in [3.05, 3.63) is 41.7 Å². The van der Waals surface area contributed by atoms with Crippen LogP contribution in [-0.4, -0.2) is 26.5 Å². The Morgan fingerprint density at radius 2 is 2.10 bits per heavy atom. The summed E-state index contributed by atoms with van der Waals surface area (Å²) >= 11 is 0. The number of hydrogen-bond donors (Lipinski definition) is 2. The Hall–Kier alpha value is -2.24. The zero-order valence-corrected chi connectivity index (χ0v) is 12.4. The van der Waals surface area contributed by atoms with E-state index in [2.05, 4.69) is 32.9 Å². The molecule has 1 heterocycles. The molecule has 0 radical (unpaired) electrons. The first-order chi connectivity index (χ1) is 10.2. The maximum atomic E-state index is 12.3. The third kappa shape index (κ3) is 4.37. The van der Waals surface area contributed by atoms with Crippen LogP contribution in [0.25, 0.3) is 0 Å². The van der Waals surface area contributed by atoms with E-state index in [-0.39, 0.29) is 17.9 Å². The number of tetrazole rings is 1. The Labute approximate surface area is 124 Å². The molecule has 2 rings (SSSR count).